The molecule has 8 heteroatoms. The number of nitrogens with one attached hydrogen (secondary N) is 1. The number of hydrogen-bond acceptors (Lipinski definition) is 0. The van der Waals surface area contributed by atoms with Gasteiger partial charge in [-0.3, -0.25) is 0 Å². The minimum Gasteiger partial charge on any atom is -0.360 e. The van der Waals surface area contributed by atoms with E-state index in [2.05, 4.69) is 0 Å². The molecule has 0 spiro atoms. The lowest BCUT2D eigenvalue weighted by Gasteiger charge is -2.27. The van der Waals surface area contributed by atoms with Crippen LogP contribution in [0.2, 0.25) is 0 Å². The standard InChI is InChI=1S/C7H4F7N/c8-5(9,4-2-1-3-15-4)6(10,11)7(12,13)14/h1-3,15H. The minimum atomic E-state index is -6.30. The third kappa shape index (κ3) is 1.68. The van der Waals surface area contributed by atoms with Crippen LogP contribution in [-0.2, 0) is 5.92 Å². The van der Waals surface area contributed by atoms with Gasteiger partial charge in [0.2, 0.25) is 0 Å². The lowest BCUT2D eigenvalue weighted by Crippen LogP contribution is -2.50. The smallest absolute Gasteiger partial charge is 0.360 e. The molecule has 1 nitrogen and oxygen atoms in total. The van der Waals surface area contributed by atoms with Crippen molar-refractivity contribution < 1.29 is 30.7 Å². The summed E-state index contributed by atoms with van der Waals surface area (Å²) in [5.41, 5.74) is -1.48. The number of alkyl halides is 7. The lowest BCUT2D eigenvalue weighted by atomic mass is 10.1. The molecule has 0 aliphatic heterocycles. The number of rotatable bonds is 2. The maximum atomic E-state index is 12.8. The first-order chi connectivity index (χ1) is 6.61. The molecule has 1 aromatic heterocycles. The van der Waals surface area contributed by atoms with Crippen LogP contribution in [0.15, 0.2) is 18.3 Å². The van der Waals surface area contributed by atoms with Crippen molar-refractivity contribution in [1.82, 2.24) is 4.98 Å². The van der Waals surface area contributed by atoms with Gasteiger partial charge in [-0.1, -0.05) is 0 Å². The molecule has 0 unspecified atom stereocenters. The first-order valence-electron chi connectivity index (χ1n) is 3.57. The van der Waals surface area contributed by atoms with Gasteiger partial charge in [-0.15, -0.1) is 0 Å². The zero-order chi connectivity index (χ0) is 11.9. The van der Waals surface area contributed by atoms with Gasteiger partial charge in [0, 0.05) is 6.20 Å². The Kier molecular flexibility index (Phi) is 2.48. The topological polar surface area (TPSA) is 15.8 Å². The van der Waals surface area contributed by atoms with E-state index in [9.17, 15) is 30.7 Å². The van der Waals surface area contributed by atoms with Gasteiger partial charge >= 0.3 is 18.0 Å². The van der Waals surface area contributed by atoms with E-state index in [1.807, 2.05) is 0 Å². The Morgan fingerprint density at radius 2 is 1.47 bits per heavy atom. The van der Waals surface area contributed by atoms with E-state index in [1.165, 1.54) is 0 Å². The second-order valence-corrected chi connectivity index (χ2v) is 2.73. The van der Waals surface area contributed by atoms with Crippen LogP contribution in [0.1, 0.15) is 5.69 Å². The molecule has 0 saturated heterocycles. The fourth-order valence-electron chi connectivity index (χ4n) is 0.873. The highest BCUT2D eigenvalue weighted by atomic mass is 19.4. The van der Waals surface area contributed by atoms with Crippen molar-refractivity contribution in [3.05, 3.63) is 24.0 Å². The number of aromatic nitrogens is 1. The maximum absolute atomic E-state index is 12.8. The predicted octanol–water partition coefficient (Wildman–Crippen LogP) is 3.30. The van der Waals surface area contributed by atoms with Crippen LogP contribution < -0.4 is 0 Å². The molecule has 86 valence electrons. The largest absolute Gasteiger partial charge is 0.460 e. The first kappa shape index (κ1) is 11.9. The van der Waals surface area contributed by atoms with Gasteiger partial charge in [-0.05, 0) is 12.1 Å². The third-order valence-electron chi connectivity index (χ3n) is 1.69. The Bertz CT molecular complexity index is 324. The highest BCUT2D eigenvalue weighted by molar-refractivity contribution is 5.15. The van der Waals surface area contributed by atoms with Gasteiger partial charge in [0.15, 0.2) is 0 Å². The van der Waals surface area contributed by atoms with Crippen molar-refractivity contribution in [2.24, 2.45) is 0 Å². The van der Waals surface area contributed by atoms with Crippen LogP contribution in [0.3, 0.4) is 0 Å². The third-order valence-corrected chi connectivity index (χ3v) is 1.69. The van der Waals surface area contributed by atoms with Crippen LogP contribution in [-0.4, -0.2) is 17.1 Å². The van der Waals surface area contributed by atoms with E-state index in [-0.39, 0.29) is 0 Å². The zero-order valence-corrected chi connectivity index (χ0v) is 6.88. The molecule has 1 N–H and O–H groups in total. The van der Waals surface area contributed by atoms with Crippen molar-refractivity contribution in [2.75, 3.05) is 0 Å². The summed E-state index contributed by atoms with van der Waals surface area (Å²) in [6.45, 7) is 0. The normalized spacial score (nSPS) is 14.3. The molecule has 1 heterocycles. The van der Waals surface area contributed by atoms with Crippen molar-refractivity contribution >= 4 is 0 Å². The Morgan fingerprint density at radius 1 is 0.933 bits per heavy atom. The molecule has 0 bridgehead atoms. The maximum Gasteiger partial charge on any atom is 0.460 e. The average Bonchev–Trinajstić information content (AvgIpc) is 2.53. The van der Waals surface area contributed by atoms with Crippen molar-refractivity contribution in [3.63, 3.8) is 0 Å². The number of H-pyrrole nitrogens is 1. The first-order valence-corrected chi connectivity index (χ1v) is 3.57. The molecule has 0 atom stereocenters. The molecular weight excluding hydrogens is 231 g/mol. The molecular formula is C7H4F7N. The summed E-state index contributed by atoms with van der Waals surface area (Å²) in [5.74, 6) is -11.4. The molecule has 1 aromatic rings. The van der Waals surface area contributed by atoms with Crippen LogP contribution >= 0.6 is 0 Å². The molecule has 0 aliphatic rings. The van der Waals surface area contributed by atoms with Gasteiger partial charge in [0.05, 0.1) is 5.69 Å². The second kappa shape index (κ2) is 3.14. The fraction of sp³-hybridized carbons (Fsp3) is 0.429. The number of halogens is 7. The van der Waals surface area contributed by atoms with Gasteiger partial charge < -0.3 is 4.98 Å². The van der Waals surface area contributed by atoms with Crippen molar-refractivity contribution in [1.29, 1.82) is 0 Å². The lowest BCUT2D eigenvalue weighted by molar-refractivity contribution is -0.360. The Morgan fingerprint density at radius 3 is 1.80 bits per heavy atom. The molecule has 0 aromatic carbocycles. The molecule has 0 fully saturated rings. The van der Waals surface area contributed by atoms with E-state index >= 15 is 0 Å². The predicted molar refractivity (Wildman–Crippen MR) is 35.7 cm³/mol. The highest BCUT2D eigenvalue weighted by Crippen LogP contribution is 2.51. The Balaban J connectivity index is 3.17. The average molecular weight is 235 g/mol. The van der Waals surface area contributed by atoms with E-state index in [1.54, 1.807) is 4.98 Å². The summed E-state index contributed by atoms with van der Waals surface area (Å²) >= 11 is 0. The van der Waals surface area contributed by atoms with E-state index in [0.717, 1.165) is 12.3 Å². The van der Waals surface area contributed by atoms with E-state index in [0.29, 0.717) is 6.07 Å². The van der Waals surface area contributed by atoms with E-state index in [4.69, 9.17) is 0 Å². The minimum absolute atomic E-state index is 0.458. The zero-order valence-electron chi connectivity index (χ0n) is 6.88. The van der Waals surface area contributed by atoms with Gasteiger partial charge in [0.1, 0.15) is 0 Å². The highest BCUT2D eigenvalue weighted by Gasteiger charge is 2.74. The molecule has 0 saturated carbocycles. The molecule has 0 amide bonds. The fourth-order valence-corrected chi connectivity index (χ4v) is 0.873. The van der Waals surface area contributed by atoms with Crippen LogP contribution in [0, 0.1) is 0 Å². The quantitative estimate of drug-likeness (QED) is 0.757. The van der Waals surface area contributed by atoms with Gasteiger partial charge in [-0.25, -0.2) is 0 Å². The summed E-state index contributed by atoms with van der Waals surface area (Å²) in [5, 5.41) is 0. The van der Waals surface area contributed by atoms with Crippen LogP contribution in [0.5, 0.6) is 0 Å². The van der Waals surface area contributed by atoms with Crippen molar-refractivity contribution in [3.8, 4) is 0 Å². The SMILES string of the molecule is FC(F)(F)C(F)(F)C(F)(F)c1ccc[nH]1. The van der Waals surface area contributed by atoms with Gasteiger partial charge in [-0.2, -0.15) is 30.7 Å². The molecule has 0 aliphatic carbocycles. The molecule has 0 radical (unpaired) electrons. The summed E-state index contributed by atoms with van der Waals surface area (Å²) in [6, 6.07) is 1.36. The summed E-state index contributed by atoms with van der Waals surface area (Å²) in [7, 11) is 0. The molecule has 1 rings (SSSR count). The second-order valence-electron chi connectivity index (χ2n) is 2.73. The Labute approximate surface area is 78.9 Å². The number of aromatic amines is 1. The summed E-state index contributed by atoms with van der Waals surface area (Å²) in [4.78, 5) is 1.63. The summed E-state index contributed by atoms with van der Waals surface area (Å²) in [6.07, 6.45) is -5.47. The van der Waals surface area contributed by atoms with Crippen LogP contribution in [0.4, 0.5) is 30.7 Å². The van der Waals surface area contributed by atoms with Crippen LogP contribution in [0.25, 0.3) is 0 Å². The van der Waals surface area contributed by atoms with Gasteiger partial charge in [0.25, 0.3) is 0 Å². The van der Waals surface area contributed by atoms with Crippen molar-refractivity contribution in [2.45, 2.75) is 18.0 Å². The molecule has 15 heavy (non-hydrogen) atoms. The Hall–Kier alpha value is -1.21. The summed E-state index contributed by atoms with van der Waals surface area (Å²) < 4.78 is 85.3. The van der Waals surface area contributed by atoms with E-state index < -0.39 is 23.7 Å². The monoisotopic (exact) mass is 235 g/mol. The number of hydrogen-bond donors (Lipinski definition) is 1.